The van der Waals surface area contributed by atoms with E-state index in [4.69, 9.17) is 0 Å². The van der Waals surface area contributed by atoms with E-state index in [0.29, 0.717) is 5.92 Å². The van der Waals surface area contributed by atoms with Gasteiger partial charge in [0.2, 0.25) is 0 Å². The van der Waals surface area contributed by atoms with Crippen LogP contribution in [0.1, 0.15) is 57.9 Å². The average Bonchev–Trinajstić information content (AvgIpc) is 2.38. The van der Waals surface area contributed by atoms with Gasteiger partial charge in [0.05, 0.1) is 0 Å². The van der Waals surface area contributed by atoms with Crippen LogP contribution >= 0.6 is 11.8 Å². The smallest absolute Gasteiger partial charge is 0.00975 e. The van der Waals surface area contributed by atoms with Gasteiger partial charge in [0.25, 0.3) is 0 Å². The Morgan fingerprint density at radius 1 is 1.05 bits per heavy atom. The molecule has 0 nitrogen and oxygen atoms in total. The lowest BCUT2D eigenvalue weighted by atomic mass is 9.98. The summed E-state index contributed by atoms with van der Waals surface area (Å²) in [6.45, 7) is 6.84. The zero-order chi connectivity index (χ0) is 13.7. The monoisotopic (exact) mass is 274 g/mol. The highest BCUT2D eigenvalue weighted by atomic mass is 32.2. The Morgan fingerprint density at radius 3 is 2.47 bits per heavy atom. The fraction of sp³-hybridized carbons (Fsp3) is 0.556. The Kier molecular flexibility index (Phi) is 5.57. The third kappa shape index (κ3) is 4.72. The van der Waals surface area contributed by atoms with Crippen LogP contribution in [0.5, 0.6) is 0 Å². The second-order valence-electron chi connectivity index (χ2n) is 6.02. The van der Waals surface area contributed by atoms with Crippen molar-refractivity contribution in [1.29, 1.82) is 0 Å². The number of benzene rings is 1. The van der Waals surface area contributed by atoms with Crippen molar-refractivity contribution in [2.75, 3.05) is 0 Å². The van der Waals surface area contributed by atoms with Gasteiger partial charge in [-0.1, -0.05) is 45.1 Å². The van der Waals surface area contributed by atoms with E-state index < -0.39 is 0 Å². The first-order chi connectivity index (χ1) is 9.15. The van der Waals surface area contributed by atoms with Gasteiger partial charge in [0.15, 0.2) is 0 Å². The lowest BCUT2D eigenvalue weighted by Crippen LogP contribution is -2.07. The molecule has 0 spiro atoms. The molecule has 1 heteroatoms. The SMILES string of the molecule is CC1C=CCCC(Sc2ccc(C(C)C)cc2)CC1. The molecule has 0 radical (unpaired) electrons. The first-order valence-electron chi connectivity index (χ1n) is 7.58. The van der Waals surface area contributed by atoms with Crippen LogP contribution in [0, 0.1) is 5.92 Å². The third-order valence-electron chi connectivity index (χ3n) is 3.91. The Bertz CT molecular complexity index is 402. The van der Waals surface area contributed by atoms with Crippen molar-refractivity contribution in [3.8, 4) is 0 Å². The van der Waals surface area contributed by atoms with E-state index in [-0.39, 0.29) is 0 Å². The predicted octanol–water partition coefficient (Wildman–Crippen LogP) is 6.04. The van der Waals surface area contributed by atoms with Gasteiger partial charge in [-0.3, -0.25) is 0 Å². The second kappa shape index (κ2) is 7.19. The first-order valence-corrected chi connectivity index (χ1v) is 8.46. The normalized spacial score (nSPS) is 24.2. The molecule has 1 aliphatic carbocycles. The van der Waals surface area contributed by atoms with E-state index >= 15 is 0 Å². The number of thioether (sulfide) groups is 1. The summed E-state index contributed by atoms with van der Waals surface area (Å²) in [5.41, 5.74) is 1.44. The fourth-order valence-electron chi connectivity index (χ4n) is 2.54. The van der Waals surface area contributed by atoms with Gasteiger partial charge >= 0.3 is 0 Å². The Morgan fingerprint density at radius 2 is 1.79 bits per heavy atom. The number of rotatable bonds is 3. The first kappa shape index (κ1) is 14.7. The second-order valence-corrected chi connectivity index (χ2v) is 7.40. The molecule has 104 valence electrons. The summed E-state index contributed by atoms with van der Waals surface area (Å²) in [5, 5.41) is 0.789. The molecule has 19 heavy (non-hydrogen) atoms. The van der Waals surface area contributed by atoms with Crippen LogP contribution in [0.15, 0.2) is 41.3 Å². The lowest BCUT2D eigenvalue weighted by Gasteiger charge is -2.20. The quantitative estimate of drug-likeness (QED) is 0.606. The molecule has 1 aromatic carbocycles. The highest BCUT2D eigenvalue weighted by Crippen LogP contribution is 2.32. The highest BCUT2D eigenvalue weighted by molar-refractivity contribution is 8.00. The van der Waals surface area contributed by atoms with Crippen LogP contribution in [0.3, 0.4) is 0 Å². The molecule has 0 heterocycles. The molecule has 0 bridgehead atoms. The van der Waals surface area contributed by atoms with Crippen molar-refractivity contribution in [2.24, 2.45) is 5.92 Å². The average molecular weight is 274 g/mol. The molecule has 2 atom stereocenters. The van der Waals surface area contributed by atoms with Crippen LogP contribution < -0.4 is 0 Å². The van der Waals surface area contributed by atoms with Gasteiger partial charge in [0, 0.05) is 10.1 Å². The van der Waals surface area contributed by atoms with Crippen molar-refractivity contribution < 1.29 is 0 Å². The van der Waals surface area contributed by atoms with E-state index in [1.165, 1.54) is 36.1 Å². The molecule has 2 rings (SSSR count). The Balaban J connectivity index is 1.94. The largest absolute Gasteiger partial charge is 0.123 e. The molecule has 0 aromatic heterocycles. The molecular formula is C18H26S. The van der Waals surface area contributed by atoms with E-state index in [1.54, 1.807) is 0 Å². The van der Waals surface area contributed by atoms with Gasteiger partial charge in [-0.15, -0.1) is 11.8 Å². The fourth-order valence-corrected chi connectivity index (χ4v) is 3.73. The minimum atomic E-state index is 0.631. The Hall–Kier alpha value is -0.690. The number of allylic oxidation sites excluding steroid dienone is 2. The minimum absolute atomic E-state index is 0.631. The van der Waals surface area contributed by atoms with Gasteiger partial charge < -0.3 is 0 Å². The maximum Gasteiger partial charge on any atom is 0.00975 e. The van der Waals surface area contributed by atoms with E-state index in [1.807, 2.05) is 0 Å². The van der Waals surface area contributed by atoms with E-state index in [2.05, 4.69) is 69.0 Å². The summed E-state index contributed by atoms with van der Waals surface area (Å²) in [5.74, 6) is 1.39. The predicted molar refractivity (Wildman–Crippen MR) is 86.9 cm³/mol. The summed E-state index contributed by atoms with van der Waals surface area (Å²) < 4.78 is 0. The summed E-state index contributed by atoms with van der Waals surface area (Å²) in [7, 11) is 0. The van der Waals surface area contributed by atoms with Gasteiger partial charge in [-0.25, -0.2) is 0 Å². The molecule has 2 unspecified atom stereocenters. The topological polar surface area (TPSA) is 0 Å². The summed E-state index contributed by atoms with van der Waals surface area (Å²) in [6.07, 6.45) is 10.0. The molecule has 0 amide bonds. The lowest BCUT2D eigenvalue weighted by molar-refractivity contribution is 0.561. The zero-order valence-corrected chi connectivity index (χ0v) is 13.2. The number of hydrogen-bond acceptors (Lipinski definition) is 1. The molecule has 0 aliphatic heterocycles. The van der Waals surface area contributed by atoms with Crippen LogP contribution in [-0.2, 0) is 0 Å². The van der Waals surface area contributed by atoms with Gasteiger partial charge in [-0.05, 0) is 55.2 Å². The molecule has 0 saturated carbocycles. The standard InChI is InChI=1S/C18H26S/c1-14(2)16-9-12-18(13-10-16)19-17-7-5-4-6-15(3)8-11-17/h4,6,9-10,12-15,17H,5,7-8,11H2,1-3H3. The van der Waals surface area contributed by atoms with Crippen LogP contribution in [0.2, 0.25) is 0 Å². The van der Waals surface area contributed by atoms with Crippen molar-refractivity contribution in [2.45, 2.75) is 62.5 Å². The summed E-state index contributed by atoms with van der Waals surface area (Å²) >= 11 is 2.08. The van der Waals surface area contributed by atoms with Crippen molar-refractivity contribution >= 4 is 11.8 Å². The molecule has 0 N–H and O–H groups in total. The van der Waals surface area contributed by atoms with Crippen LogP contribution in [0.25, 0.3) is 0 Å². The van der Waals surface area contributed by atoms with Crippen LogP contribution in [-0.4, -0.2) is 5.25 Å². The third-order valence-corrected chi connectivity index (χ3v) is 5.26. The molecule has 0 fully saturated rings. The van der Waals surface area contributed by atoms with E-state index in [0.717, 1.165) is 11.2 Å². The van der Waals surface area contributed by atoms with Crippen molar-refractivity contribution in [1.82, 2.24) is 0 Å². The summed E-state index contributed by atoms with van der Waals surface area (Å²) in [6, 6.07) is 9.19. The maximum atomic E-state index is 2.39. The van der Waals surface area contributed by atoms with E-state index in [9.17, 15) is 0 Å². The number of hydrogen-bond donors (Lipinski definition) is 0. The molecule has 1 aromatic rings. The molecule has 0 saturated heterocycles. The zero-order valence-electron chi connectivity index (χ0n) is 12.4. The maximum absolute atomic E-state index is 2.39. The summed E-state index contributed by atoms with van der Waals surface area (Å²) in [4.78, 5) is 1.44. The molecular weight excluding hydrogens is 248 g/mol. The van der Waals surface area contributed by atoms with Gasteiger partial charge in [0.1, 0.15) is 0 Å². The van der Waals surface area contributed by atoms with Crippen molar-refractivity contribution in [3.05, 3.63) is 42.0 Å². The minimum Gasteiger partial charge on any atom is -0.123 e. The van der Waals surface area contributed by atoms with Crippen molar-refractivity contribution in [3.63, 3.8) is 0 Å². The Labute approximate surface area is 122 Å². The highest BCUT2D eigenvalue weighted by Gasteiger charge is 2.13. The van der Waals surface area contributed by atoms with Crippen LogP contribution in [0.4, 0.5) is 0 Å². The molecule has 1 aliphatic rings. The van der Waals surface area contributed by atoms with Gasteiger partial charge in [-0.2, -0.15) is 0 Å².